The smallest absolute Gasteiger partial charge is 0.254 e. The van der Waals surface area contributed by atoms with Crippen molar-refractivity contribution in [3.8, 4) is 0 Å². The summed E-state index contributed by atoms with van der Waals surface area (Å²) < 4.78 is 1.01. The van der Waals surface area contributed by atoms with E-state index in [1.807, 2.05) is 36.2 Å². The summed E-state index contributed by atoms with van der Waals surface area (Å²) in [4.78, 5) is 14.3. The summed E-state index contributed by atoms with van der Waals surface area (Å²) in [5.74, 6) is 0.125. The fourth-order valence-corrected chi connectivity index (χ4v) is 3.10. The lowest BCUT2D eigenvalue weighted by Crippen LogP contribution is -2.42. The van der Waals surface area contributed by atoms with E-state index in [1.54, 1.807) is 0 Å². The molecule has 1 amide bonds. The first-order chi connectivity index (χ1) is 8.59. The van der Waals surface area contributed by atoms with Gasteiger partial charge in [0.1, 0.15) is 0 Å². The van der Waals surface area contributed by atoms with E-state index < -0.39 is 0 Å². The largest absolute Gasteiger partial charge is 0.339 e. The fourth-order valence-electron chi connectivity index (χ4n) is 2.48. The molecule has 18 heavy (non-hydrogen) atoms. The Balaban J connectivity index is 2.07. The van der Waals surface area contributed by atoms with Crippen LogP contribution in [0.25, 0.3) is 0 Å². The van der Waals surface area contributed by atoms with Gasteiger partial charge in [-0.3, -0.25) is 4.79 Å². The SMILES string of the molecule is CN(C(=O)c1ccccc1I)C1CCC(N)CC1. The first-order valence-electron chi connectivity index (χ1n) is 6.37. The maximum absolute atomic E-state index is 12.4. The van der Waals surface area contributed by atoms with Gasteiger partial charge in [0.05, 0.1) is 5.56 Å². The van der Waals surface area contributed by atoms with Crippen molar-refractivity contribution in [2.45, 2.75) is 37.8 Å². The van der Waals surface area contributed by atoms with E-state index in [0.717, 1.165) is 34.8 Å². The Hall–Kier alpha value is -0.620. The number of carbonyl (C=O) groups excluding carboxylic acids is 1. The molecule has 0 aromatic heterocycles. The fraction of sp³-hybridized carbons (Fsp3) is 0.500. The minimum absolute atomic E-state index is 0.125. The molecule has 1 fully saturated rings. The molecule has 0 heterocycles. The lowest BCUT2D eigenvalue weighted by molar-refractivity contribution is 0.0689. The van der Waals surface area contributed by atoms with E-state index in [4.69, 9.17) is 5.73 Å². The number of halogens is 1. The highest BCUT2D eigenvalue weighted by molar-refractivity contribution is 14.1. The number of rotatable bonds is 2. The molecule has 98 valence electrons. The highest BCUT2D eigenvalue weighted by Gasteiger charge is 2.26. The van der Waals surface area contributed by atoms with Crippen LogP contribution in [-0.2, 0) is 0 Å². The summed E-state index contributed by atoms with van der Waals surface area (Å²) >= 11 is 2.22. The minimum Gasteiger partial charge on any atom is -0.339 e. The first kappa shape index (κ1) is 13.8. The number of amides is 1. The predicted molar refractivity (Wildman–Crippen MR) is 81.5 cm³/mol. The molecule has 2 N–H and O–H groups in total. The van der Waals surface area contributed by atoms with Gasteiger partial charge in [0.2, 0.25) is 0 Å². The molecular formula is C14H19IN2O. The van der Waals surface area contributed by atoms with Crippen molar-refractivity contribution in [3.05, 3.63) is 33.4 Å². The zero-order valence-corrected chi connectivity index (χ0v) is 12.8. The van der Waals surface area contributed by atoms with E-state index in [0.29, 0.717) is 12.1 Å². The molecule has 0 unspecified atom stereocenters. The van der Waals surface area contributed by atoms with Crippen molar-refractivity contribution >= 4 is 28.5 Å². The quantitative estimate of drug-likeness (QED) is 0.827. The van der Waals surface area contributed by atoms with Crippen molar-refractivity contribution in [2.24, 2.45) is 5.73 Å². The Morgan fingerprint density at radius 1 is 1.28 bits per heavy atom. The van der Waals surface area contributed by atoms with Gasteiger partial charge in [0.25, 0.3) is 5.91 Å². The number of benzene rings is 1. The zero-order valence-electron chi connectivity index (χ0n) is 10.6. The first-order valence-corrected chi connectivity index (χ1v) is 7.44. The molecule has 3 nitrogen and oxygen atoms in total. The van der Waals surface area contributed by atoms with Gasteiger partial charge >= 0.3 is 0 Å². The molecule has 1 aromatic carbocycles. The highest BCUT2D eigenvalue weighted by atomic mass is 127. The molecule has 0 spiro atoms. The van der Waals surface area contributed by atoms with E-state index in [2.05, 4.69) is 22.6 Å². The van der Waals surface area contributed by atoms with E-state index in [9.17, 15) is 4.79 Å². The maximum Gasteiger partial charge on any atom is 0.254 e. The second-order valence-electron chi connectivity index (χ2n) is 4.96. The average molecular weight is 358 g/mol. The van der Waals surface area contributed by atoms with Crippen molar-refractivity contribution in [1.29, 1.82) is 0 Å². The van der Waals surface area contributed by atoms with Crippen LogP contribution in [0.1, 0.15) is 36.0 Å². The third-order valence-corrected chi connectivity index (χ3v) is 4.65. The molecule has 0 atom stereocenters. The molecule has 0 radical (unpaired) electrons. The second-order valence-corrected chi connectivity index (χ2v) is 6.13. The van der Waals surface area contributed by atoms with Crippen LogP contribution >= 0.6 is 22.6 Å². The Labute approximate surface area is 122 Å². The number of carbonyl (C=O) groups is 1. The summed E-state index contributed by atoms with van der Waals surface area (Å²) in [6.07, 6.45) is 4.09. The Morgan fingerprint density at radius 3 is 2.50 bits per heavy atom. The lowest BCUT2D eigenvalue weighted by atomic mass is 9.90. The monoisotopic (exact) mass is 358 g/mol. The van der Waals surface area contributed by atoms with Gasteiger partial charge in [-0.25, -0.2) is 0 Å². The topological polar surface area (TPSA) is 46.3 Å². The van der Waals surface area contributed by atoms with Crippen molar-refractivity contribution in [2.75, 3.05) is 7.05 Å². The summed E-state index contributed by atoms with van der Waals surface area (Å²) in [6, 6.07) is 8.40. The van der Waals surface area contributed by atoms with Gasteiger partial charge < -0.3 is 10.6 Å². The van der Waals surface area contributed by atoms with E-state index >= 15 is 0 Å². The number of hydrogen-bond acceptors (Lipinski definition) is 2. The Kier molecular flexibility index (Phi) is 4.61. The minimum atomic E-state index is 0.125. The lowest BCUT2D eigenvalue weighted by Gasteiger charge is -2.33. The number of nitrogens with zero attached hydrogens (tertiary/aromatic N) is 1. The summed E-state index contributed by atoms with van der Waals surface area (Å²) in [7, 11) is 1.91. The van der Waals surface area contributed by atoms with Crippen molar-refractivity contribution in [1.82, 2.24) is 4.90 Å². The zero-order chi connectivity index (χ0) is 13.1. The van der Waals surface area contributed by atoms with Crippen LogP contribution in [0.4, 0.5) is 0 Å². The van der Waals surface area contributed by atoms with Gasteiger partial charge in [-0.2, -0.15) is 0 Å². The van der Waals surface area contributed by atoms with Crippen LogP contribution in [0.5, 0.6) is 0 Å². The van der Waals surface area contributed by atoms with E-state index in [1.165, 1.54) is 0 Å². The van der Waals surface area contributed by atoms with Crippen molar-refractivity contribution in [3.63, 3.8) is 0 Å². The molecule has 1 aromatic rings. The predicted octanol–water partition coefficient (Wildman–Crippen LogP) is 2.63. The van der Waals surface area contributed by atoms with Crippen LogP contribution in [0.15, 0.2) is 24.3 Å². The van der Waals surface area contributed by atoms with Gasteiger partial charge in [-0.05, 0) is 60.4 Å². The summed E-state index contributed by atoms with van der Waals surface area (Å²) in [6.45, 7) is 0. The normalized spacial score (nSPS) is 23.7. The van der Waals surface area contributed by atoms with Crippen LogP contribution in [-0.4, -0.2) is 29.9 Å². The second kappa shape index (κ2) is 6.02. The van der Waals surface area contributed by atoms with Gasteiger partial charge in [-0.1, -0.05) is 12.1 Å². The van der Waals surface area contributed by atoms with Crippen LogP contribution in [0.3, 0.4) is 0 Å². The highest BCUT2D eigenvalue weighted by Crippen LogP contribution is 2.23. The van der Waals surface area contributed by atoms with Crippen LogP contribution in [0.2, 0.25) is 0 Å². The number of nitrogens with two attached hydrogens (primary N) is 1. The van der Waals surface area contributed by atoms with Gasteiger partial charge in [-0.15, -0.1) is 0 Å². The third kappa shape index (κ3) is 3.03. The standard InChI is InChI=1S/C14H19IN2O/c1-17(11-8-6-10(16)7-9-11)14(18)12-4-2-3-5-13(12)15/h2-5,10-11H,6-9,16H2,1H3. The molecular weight excluding hydrogens is 339 g/mol. The average Bonchev–Trinajstić information content (AvgIpc) is 2.38. The molecule has 0 bridgehead atoms. The molecule has 0 saturated heterocycles. The Bertz CT molecular complexity index is 428. The van der Waals surface area contributed by atoms with Crippen LogP contribution < -0.4 is 5.73 Å². The van der Waals surface area contributed by atoms with Gasteiger partial charge in [0, 0.05) is 22.7 Å². The number of hydrogen-bond donors (Lipinski definition) is 1. The Morgan fingerprint density at radius 2 is 1.89 bits per heavy atom. The van der Waals surface area contributed by atoms with Gasteiger partial charge in [0.15, 0.2) is 0 Å². The molecule has 0 aliphatic heterocycles. The third-order valence-electron chi connectivity index (χ3n) is 3.71. The summed E-state index contributed by atoms with van der Waals surface area (Å²) in [5, 5.41) is 0. The van der Waals surface area contributed by atoms with E-state index in [-0.39, 0.29) is 5.91 Å². The molecule has 1 saturated carbocycles. The van der Waals surface area contributed by atoms with Crippen LogP contribution in [0, 0.1) is 3.57 Å². The molecule has 2 rings (SSSR count). The maximum atomic E-state index is 12.4. The molecule has 4 heteroatoms. The molecule has 1 aliphatic carbocycles. The molecule has 1 aliphatic rings. The van der Waals surface area contributed by atoms with Crippen molar-refractivity contribution < 1.29 is 4.79 Å². The summed E-state index contributed by atoms with van der Waals surface area (Å²) in [5.41, 5.74) is 6.71.